The van der Waals surface area contributed by atoms with Crippen molar-refractivity contribution in [3.8, 4) is 0 Å². The van der Waals surface area contributed by atoms with Crippen molar-refractivity contribution in [2.75, 3.05) is 20.3 Å². The van der Waals surface area contributed by atoms with Crippen molar-refractivity contribution in [2.24, 2.45) is 0 Å². The van der Waals surface area contributed by atoms with Crippen LogP contribution in [-0.4, -0.2) is 30.7 Å². The fraction of sp³-hybridized carbons (Fsp3) is 0.421. The highest BCUT2D eigenvalue weighted by Gasteiger charge is 2.17. The van der Waals surface area contributed by atoms with Crippen molar-refractivity contribution >= 4 is 5.91 Å². The normalized spacial score (nSPS) is 10.8. The van der Waals surface area contributed by atoms with E-state index >= 15 is 0 Å². The number of methoxy groups -OCH3 is 1. The first-order valence-corrected chi connectivity index (χ1v) is 8.02. The van der Waals surface area contributed by atoms with Crippen molar-refractivity contribution in [3.63, 3.8) is 0 Å². The second-order valence-corrected chi connectivity index (χ2v) is 5.99. The van der Waals surface area contributed by atoms with Crippen LogP contribution in [-0.2, 0) is 11.3 Å². The molecule has 0 aliphatic rings. The zero-order chi connectivity index (χ0) is 16.8. The van der Waals surface area contributed by atoms with Crippen LogP contribution < -0.4 is 5.32 Å². The monoisotopic (exact) mass is 314 g/mol. The van der Waals surface area contributed by atoms with Crippen molar-refractivity contribution in [1.29, 1.82) is 0 Å². The number of carbonyl (C=O) groups excluding carboxylic acids is 1. The standard InChI is InChI=1S/C19H26N2O2/c1-14-6-8-17(9-7-14)13-21-16(3)12-15(2)18(21)19(22)20-10-5-11-23-4/h6-9,12H,5,10-11,13H2,1-4H3,(H,20,22). The van der Waals surface area contributed by atoms with Gasteiger partial charge in [-0.1, -0.05) is 29.8 Å². The molecule has 1 amide bonds. The van der Waals surface area contributed by atoms with Gasteiger partial charge in [-0.2, -0.15) is 0 Å². The predicted octanol–water partition coefficient (Wildman–Crippen LogP) is 3.23. The molecule has 1 aromatic carbocycles. The van der Waals surface area contributed by atoms with Crippen molar-refractivity contribution in [3.05, 3.63) is 58.4 Å². The van der Waals surface area contributed by atoms with Crippen LogP contribution in [0, 0.1) is 20.8 Å². The number of carbonyl (C=O) groups is 1. The molecule has 1 heterocycles. The lowest BCUT2D eigenvalue weighted by molar-refractivity contribution is 0.0939. The Balaban J connectivity index is 2.16. The molecular weight excluding hydrogens is 288 g/mol. The van der Waals surface area contributed by atoms with Crippen LogP contribution in [0.5, 0.6) is 0 Å². The van der Waals surface area contributed by atoms with Gasteiger partial charge in [0.1, 0.15) is 5.69 Å². The third-order valence-electron chi connectivity index (χ3n) is 3.98. The van der Waals surface area contributed by atoms with Gasteiger partial charge in [-0.3, -0.25) is 4.79 Å². The van der Waals surface area contributed by atoms with Crippen molar-refractivity contribution < 1.29 is 9.53 Å². The Bertz CT molecular complexity index is 657. The van der Waals surface area contributed by atoms with Gasteiger partial charge in [0, 0.05) is 32.5 Å². The molecule has 0 saturated heterocycles. The lowest BCUT2D eigenvalue weighted by Gasteiger charge is -2.13. The molecule has 2 aromatic rings. The number of hydrogen-bond acceptors (Lipinski definition) is 2. The molecule has 0 fully saturated rings. The van der Waals surface area contributed by atoms with Crippen LogP contribution in [0.3, 0.4) is 0 Å². The summed E-state index contributed by atoms with van der Waals surface area (Å²) in [6.07, 6.45) is 0.818. The van der Waals surface area contributed by atoms with E-state index in [1.165, 1.54) is 11.1 Å². The van der Waals surface area contributed by atoms with Gasteiger partial charge < -0.3 is 14.6 Å². The van der Waals surface area contributed by atoms with E-state index in [-0.39, 0.29) is 5.91 Å². The minimum absolute atomic E-state index is 0.0150. The average molecular weight is 314 g/mol. The molecule has 0 spiro atoms. The SMILES string of the molecule is COCCCNC(=O)c1c(C)cc(C)n1Cc1ccc(C)cc1. The van der Waals surface area contributed by atoms with Gasteiger partial charge in [0.15, 0.2) is 0 Å². The van der Waals surface area contributed by atoms with Crippen molar-refractivity contribution in [1.82, 2.24) is 9.88 Å². The summed E-state index contributed by atoms with van der Waals surface area (Å²) in [6.45, 7) is 8.10. The molecule has 1 N–H and O–H groups in total. The number of rotatable bonds is 7. The highest BCUT2D eigenvalue weighted by atomic mass is 16.5. The maximum absolute atomic E-state index is 12.5. The molecule has 1 aromatic heterocycles. The number of ether oxygens (including phenoxy) is 1. The number of benzene rings is 1. The van der Waals surface area contributed by atoms with Crippen LogP contribution in [0.25, 0.3) is 0 Å². The van der Waals surface area contributed by atoms with Crippen LogP contribution >= 0.6 is 0 Å². The second kappa shape index (κ2) is 7.97. The first-order valence-electron chi connectivity index (χ1n) is 8.02. The minimum Gasteiger partial charge on any atom is -0.385 e. The average Bonchev–Trinajstić information content (AvgIpc) is 2.80. The molecule has 0 saturated carbocycles. The van der Waals surface area contributed by atoms with Gasteiger partial charge in [-0.05, 0) is 44.4 Å². The van der Waals surface area contributed by atoms with E-state index < -0.39 is 0 Å². The summed E-state index contributed by atoms with van der Waals surface area (Å²) in [4.78, 5) is 12.5. The van der Waals surface area contributed by atoms with Crippen LogP contribution in [0.2, 0.25) is 0 Å². The Kier molecular flexibility index (Phi) is 5.99. The van der Waals surface area contributed by atoms with E-state index in [4.69, 9.17) is 4.74 Å². The third kappa shape index (κ3) is 4.45. The molecule has 0 unspecified atom stereocenters. The minimum atomic E-state index is -0.0150. The van der Waals surface area contributed by atoms with E-state index in [9.17, 15) is 4.79 Å². The maximum Gasteiger partial charge on any atom is 0.268 e. The topological polar surface area (TPSA) is 43.3 Å². The van der Waals surface area contributed by atoms with Gasteiger partial charge in [-0.15, -0.1) is 0 Å². The van der Waals surface area contributed by atoms with Gasteiger partial charge in [0.2, 0.25) is 0 Å². The van der Waals surface area contributed by atoms with Gasteiger partial charge in [0.05, 0.1) is 0 Å². The van der Waals surface area contributed by atoms with E-state index in [2.05, 4.69) is 47.1 Å². The van der Waals surface area contributed by atoms with E-state index in [0.717, 1.165) is 23.4 Å². The Morgan fingerprint density at radius 3 is 2.52 bits per heavy atom. The molecule has 4 nitrogen and oxygen atoms in total. The fourth-order valence-electron chi connectivity index (χ4n) is 2.73. The molecule has 0 aliphatic carbocycles. The summed E-state index contributed by atoms with van der Waals surface area (Å²) in [5.74, 6) is -0.0150. The van der Waals surface area contributed by atoms with Crippen molar-refractivity contribution in [2.45, 2.75) is 33.7 Å². The van der Waals surface area contributed by atoms with E-state index in [1.807, 2.05) is 13.8 Å². The third-order valence-corrected chi connectivity index (χ3v) is 3.98. The summed E-state index contributed by atoms with van der Waals surface area (Å²) in [7, 11) is 1.67. The first-order chi connectivity index (χ1) is 11.0. The molecule has 124 valence electrons. The summed E-state index contributed by atoms with van der Waals surface area (Å²) >= 11 is 0. The first kappa shape index (κ1) is 17.3. The van der Waals surface area contributed by atoms with Crippen LogP contribution in [0.4, 0.5) is 0 Å². The number of nitrogens with one attached hydrogen (secondary N) is 1. The Morgan fingerprint density at radius 2 is 1.87 bits per heavy atom. The molecule has 2 rings (SSSR count). The summed E-state index contributed by atoms with van der Waals surface area (Å²) in [6, 6.07) is 10.5. The number of amides is 1. The zero-order valence-corrected chi connectivity index (χ0v) is 14.5. The number of nitrogens with zero attached hydrogens (tertiary/aromatic N) is 1. The molecule has 0 atom stereocenters. The lowest BCUT2D eigenvalue weighted by Crippen LogP contribution is -2.28. The van der Waals surface area contributed by atoms with Gasteiger partial charge in [0.25, 0.3) is 5.91 Å². The maximum atomic E-state index is 12.5. The smallest absolute Gasteiger partial charge is 0.268 e. The molecule has 23 heavy (non-hydrogen) atoms. The Hall–Kier alpha value is -2.07. The van der Waals surface area contributed by atoms with Gasteiger partial charge >= 0.3 is 0 Å². The molecule has 0 bridgehead atoms. The van der Waals surface area contributed by atoms with Crippen LogP contribution in [0.1, 0.15) is 39.3 Å². The molecule has 0 aliphatic heterocycles. The second-order valence-electron chi connectivity index (χ2n) is 5.99. The summed E-state index contributed by atoms with van der Waals surface area (Å²) in [5, 5.41) is 2.98. The predicted molar refractivity (Wildman–Crippen MR) is 93.0 cm³/mol. The van der Waals surface area contributed by atoms with Gasteiger partial charge in [-0.25, -0.2) is 0 Å². The number of aromatic nitrogens is 1. The van der Waals surface area contributed by atoms with Crippen LogP contribution in [0.15, 0.2) is 30.3 Å². The highest BCUT2D eigenvalue weighted by Crippen LogP contribution is 2.17. The molecule has 0 radical (unpaired) electrons. The van der Waals surface area contributed by atoms with E-state index in [1.54, 1.807) is 7.11 Å². The largest absolute Gasteiger partial charge is 0.385 e. The Morgan fingerprint density at radius 1 is 1.17 bits per heavy atom. The molecular formula is C19H26N2O2. The zero-order valence-electron chi connectivity index (χ0n) is 14.5. The highest BCUT2D eigenvalue weighted by molar-refractivity contribution is 5.94. The fourth-order valence-corrected chi connectivity index (χ4v) is 2.73. The Labute approximate surface area is 138 Å². The summed E-state index contributed by atoms with van der Waals surface area (Å²) < 4.78 is 7.10. The summed E-state index contributed by atoms with van der Waals surface area (Å²) in [5.41, 5.74) is 5.30. The quantitative estimate of drug-likeness (QED) is 0.797. The number of hydrogen-bond donors (Lipinski definition) is 1. The lowest BCUT2D eigenvalue weighted by atomic mass is 10.1. The molecule has 4 heteroatoms. The van der Waals surface area contributed by atoms with E-state index in [0.29, 0.717) is 19.7 Å². The number of aryl methyl sites for hydroxylation is 3.